The quantitative estimate of drug-likeness (QED) is 0.679. The molecule has 0 spiro atoms. The molecule has 0 heterocycles. The normalized spacial score (nSPS) is 10.3. The van der Waals surface area contributed by atoms with E-state index in [2.05, 4.69) is 0 Å². The Morgan fingerprint density at radius 2 is 1.80 bits per heavy atom. The summed E-state index contributed by atoms with van der Waals surface area (Å²) >= 11 is 12.0. The monoisotopic (exact) mass is 312 g/mol. The highest BCUT2D eigenvalue weighted by molar-refractivity contribution is 6.37. The van der Waals surface area contributed by atoms with Gasteiger partial charge in [0.25, 0.3) is 5.69 Å². The molecule has 7 heteroatoms. The molecule has 0 fully saturated rings. The number of para-hydroxylation sites is 1. The molecule has 0 aliphatic carbocycles. The highest BCUT2D eigenvalue weighted by Crippen LogP contribution is 2.40. The number of nitrogens with two attached hydrogens (primary N) is 1. The zero-order chi connectivity index (χ0) is 14.7. The second kappa shape index (κ2) is 6.09. The third-order valence-electron chi connectivity index (χ3n) is 2.60. The summed E-state index contributed by atoms with van der Waals surface area (Å²) in [6.07, 6.45) is 0. The summed E-state index contributed by atoms with van der Waals surface area (Å²) in [7, 11) is 0. The van der Waals surface area contributed by atoms with Gasteiger partial charge in [-0.05, 0) is 6.07 Å². The SMILES string of the molecule is NCc1ccccc1Oc1c(Cl)cc([N+](=O)[O-])cc1Cl. The first kappa shape index (κ1) is 14.6. The minimum atomic E-state index is -0.574. The molecule has 0 aliphatic rings. The first-order valence-electron chi connectivity index (χ1n) is 5.62. The Morgan fingerprint density at radius 1 is 1.20 bits per heavy atom. The Morgan fingerprint density at radius 3 is 2.35 bits per heavy atom. The number of nitro benzene ring substituents is 1. The minimum absolute atomic E-state index is 0.0658. The van der Waals surface area contributed by atoms with Gasteiger partial charge in [-0.3, -0.25) is 10.1 Å². The molecule has 2 aromatic rings. The number of hydrogen-bond donors (Lipinski definition) is 1. The molecule has 0 radical (unpaired) electrons. The third-order valence-corrected chi connectivity index (χ3v) is 3.16. The van der Waals surface area contributed by atoms with Gasteiger partial charge in [-0.25, -0.2) is 0 Å². The van der Waals surface area contributed by atoms with Gasteiger partial charge >= 0.3 is 0 Å². The van der Waals surface area contributed by atoms with Crippen LogP contribution in [0.2, 0.25) is 10.0 Å². The van der Waals surface area contributed by atoms with Crippen LogP contribution >= 0.6 is 23.2 Å². The third kappa shape index (κ3) is 3.01. The molecular formula is C13H10Cl2N2O3. The number of benzene rings is 2. The van der Waals surface area contributed by atoms with Gasteiger partial charge in [0, 0.05) is 24.2 Å². The van der Waals surface area contributed by atoms with Crippen LogP contribution < -0.4 is 10.5 Å². The van der Waals surface area contributed by atoms with E-state index in [1.165, 1.54) is 12.1 Å². The van der Waals surface area contributed by atoms with Crippen LogP contribution in [0.5, 0.6) is 11.5 Å². The van der Waals surface area contributed by atoms with E-state index in [9.17, 15) is 10.1 Å². The van der Waals surface area contributed by atoms with Gasteiger partial charge in [-0.1, -0.05) is 41.4 Å². The summed E-state index contributed by atoms with van der Waals surface area (Å²) in [5, 5.41) is 10.8. The Kier molecular flexibility index (Phi) is 4.44. The number of hydrogen-bond acceptors (Lipinski definition) is 4. The maximum Gasteiger partial charge on any atom is 0.272 e. The van der Waals surface area contributed by atoms with E-state index < -0.39 is 4.92 Å². The molecule has 104 valence electrons. The molecule has 0 aliphatic heterocycles. The van der Waals surface area contributed by atoms with Crippen LogP contribution in [0.15, 0.2) is 36.4 Å². The summed E-state index contributed by atoms with van der Waals surface area (Å²) in [5.41, 5.74) is 6.19. The van der Waals surface area contributed by atoms with Crippen molar-refractivity contribution in [1.29, 1.82) is 0 Å². The average molecular weight is 313 g/mol. The second-order valence-electron chi connectivity index (χ2n) is 3.91. The fraction of sp³-hybridized carbons (Fsp3) is 0.0769. The predicted molar refractivity (Wildman–Crippen MR) is 77.5 cm³/mol. The summed E-state index contributed by atoms with van der Waals surface area (Å²) in [5.74, 6) is 0.674. The Hall–Kier alpha value is -1.82. The van der Waals surface area contributed by atoms with E-state index in [1.807, 2.05) is 12.1 Å². The molecule has 2 N–H and O–H groups in total. The summed E-state index contributed by atoms with van der Waals surface area (Å²) < 4.78 is 5.63. The molecule has 0 amide bonds. The van der Waals surface area contributed by atoms with Gasteiger partial charge in [0.1, 0.15) is 5.75 Å². The standard InChI is InChI=1S/C13H10Cl2N2O3/c14-10-5-9(17(18)19)6-11(15)13(10)20-12-4-2-1-3-8(12)7-16/h1-6H,7,16H2. The number of nitrogens with zero attached hydrogens (tertiary/aromatic N) is 1. The lowest BCUT2D eigenvalue weighted by atomic mass is 10.2. The molecule has 0 saturated heterocycles. The van der Waals surface area contributed by atoms with Crippen molar-refractivity contribution in [3.8, 4) is 11.5 Å². The largest absolute Gasteiger partial charge is 0.454 e. The van der Waals surface area contributed by atoms with Crippen molar-refractivity contribution in [2.45, 2.75) is 6.54 Å². The lowest BCUT2D eigenvalue weighted by Crippen LogP contribution is -1.99. The zero-order valence-electron chi connectivity index (χ0n) is 10.2. The first-order chi connectivity index (χ1) is 9.52. The molecule has 20 heavy (non-hydrogen) atoms. The highest BCUT2D eigenvalue weighted by Gasteiger charge is 2.17. The Bertz CT molecular complexity index is 639. The van der Waals surface area contributed by atoms with Crippen LogP contribution in [0, 0.1) is 10.1 Å². The fourth-order valence-corrected chi connectivity index (χ4v) is 2.18. The maximum absolute atomic E-state index is 10.7. The second-order valence-corrected chi connectivity index (χ2v) is 4.72. The molecule has 2 rings (SSSR count). The van der Waals surface area contributed by atoms with Crippen LogP contribution in [0.1, 0.15) is 5.56 Å². The lowest BCUT2D eigenvalue weighted by Gasteiger charge is -2.12. The van der Waals surface area contributed by atoms with Crippen LogP contribution in [0.3, 0.4) is 0 Å². The number of halogens is 2. The lowest BCUT2D eigenvalue weighted by molar-refractivity contribution is -0.384. The number of rotatable bonds is 4. The van der Waals surface area contributed by atoms with E-state index >= 15 is 0 Å². The summed E-state index contributed by atoms with van der Waals surface area (Å²) in [4.78, 5) is 10.1. The maximum atomic E-state index is 10.7. The van der Waals surface area contributed by atoms with Crippen molar-refractivity contribution >= 4 is 28.9 Å². The van der Waals surface area contributed by atoms with Gasteiger partial charge in [0.2, 0.25) is 0 Å². The molecule has 0 unspecified atom stereocenters. The molecule has 5 nitrogen and oxygen atoms in total. The zero-order valence-corrected chi connectivity index (χ0v) is 11.7. The van der Waals surface area contributed by atoms with E-state index in [0.717, 1.165) is 5.56 Å². The van der Waals surface area contributed by atoms with Crippen molar-refractivity contribution in [1.82, 2.24) is 0 Å². The average Bonchev–Trinajstić information content (AvgIpc) is 2.42. The molecule has 0 aromatic heterocycles. The first-order valence-corrected chi connectivity index (χ1v) is 6.37. The summed E-state index contributed by atoms with van der Waals surface area (Å²) in [6, 6.07) is 9.51. The van der Waals surface area contributed by atoms with Crippen LogP contribution in [-0.4, -0.2) is 4.92 Å². The molecule has 0 saturated carbocycles. The van der Waals surface area contributed by atoms with Gasteiger partial charge in [-0.2, -0.15) is 0 Å². The van der Waals surface area contributed by atoms with E-state index in [1.54, 1.807) is 12.1 Å². The number of ether oxygens (including phenoxy) is 1. The van der Waals surface area contributed by atoms with Crippen LogP contribution in [-0.2, 0) is 6.54 Å². The number of nitro groups is 1. The number of non-ortho nitro benzene ring substituents is 1. The van der Waals surface area contributed by atoms with Gasteiger partial charge in [0.05, 0.1) is 15.0 Å². The predicted octanol–water partition coefficient (Wildman–Crippen LogP) is 4.15. The smallest absolute Gasteiger partial charge is 0.272 e. The van der Waals surface area contributed by atoms with Gasteiger partial charge in [0.15, 0.2) is 5.75 Å². The van der Waals surface area contributed by atoms with Crippen molar-refractivity contribution < 1.29 is 9.66 Å². The molecule has 0 bridgehead atoms. The van der Waals surface area contributed by atoms with Crippen LogP contribution in [0.4, 0.5) is 5.69 Å². The van der Waals surface area contributed by atoms with Crippen molar-refractivity contribution in [3.05, 3.63) is 62.1 Å². The molecule has 2 aromatic carbocycles. The van der Waals surface area contributed by atoms with E-state index in [4.69, 9.17) is 33.7 Å². The van der Waals surface area contributed by atoms with Gasteiger partial charge in [-0.15, -0.1) is 0 Å². The van der Waals surface area contributed by atoms with E-state index in [-0.39, 0.29) is 21.5 Å². The van der Waals surface area contributed by atoms with E-state index in [0.29, 0.717) is 12.3 Å². The van der Waals surface area contributed by atoms with Crippen molar-refractivity contribution in [2.75, 3.05) is 0 Å². The Labute approximate surface area is 125 Å². The molecule has 0 atom stereocenters. The Balaban J connectivity index is 2.41. The topological polar surface area (TPSA) is 78.4 Å². The fourth-order valence-electron chi connectivity index (χ4n) is 1.63. The van der Waals surface area contributed by atoms with Crippen molar-refractivity contribution in [3.63, 3.8) is 0 Å². The summed E-state index contributed by atoms with van der Waals surface area (Å²) in [6.45, 7) is 0.290. The van der Waals surface area contributed by atoms with Gasteiger partial charge < -0.3 is 10.5 Å². The minimum Gasteiger partial charge on any atom is -0.454 e. The van der Waals surface area contributed by atoms with Crippen LogP contribution in [0.25, 0.3) is 0 Å². The highest BCUT2D eigenvalue weighted by atomic mass is 35.5. The molecular weight excluding hydrogens is 303 g/mol. The van der Waals surface area contributed by atoms with Crippen molar-refractivity contribution in [2.24, 2.45) is 5.73 Å².